The summed E-state index contributed by atoms with van der Waals surface area (Å²) >= 11 is 1.23. The van der Waals surface area contributed by atoms with Gasteiger partial charge in [-0.25, -0.2) is 10.3 Å². The Kier molecular flexibility index (Phi) is 7.94. The summed E-state index contributed by atoms with van der Waals surface area (Å²) in [6, 6.07) is 22.9. The van der Waals surface area contributed by atoms with E-state index in [4.69, 9.17) is 5.21 Å². The number of carbonyl (C=O) groups is 3. The molecular weight excluding hydrogens is 476 g/mol. The molecule has 8 nitrogen and oxygen atoms in total. The zero-order valence-corrected chi connectivity index (χ0v) is 20.4. The largest absolute Gasteiger partial charge is 0.334 e. The Morgan fingerprint density at radius 2 is 1.67 bits per heavy atom. The third-order valence-electron chi connectivity index (χ3n) is 5.59. The molecule has 1 aromatic heterocycles. The number of amides is 4. The van der Waals surface area contributed by atoms with E-state index < -0.39 is 18.0 Å². The van der Waals surface area contributed by atoms with Crippen LogP contribution in [0.25, 0.3) is 10.1 Å². The molecule has 0 fully saturated rings. The average Bonchev–Trinajstić information content (AvgIpc) is 3.31. The van der Waals surface area contributed by atoms with Crippen molar-refractivity contribution >= 4 is 45.0 Å². The van der Waals surface area contributed by atoms with Crippen LogP contribution >= 0.6 is 11.3 Å². The second-order valence-electron chi connectivity index (χ2n) is 8.35. The molecule has 0 radical (unpaired) electrons. The van der Waals surface area contributed by atoms with Crippen molar-refractivity contribution in [2.75, 3.05) is 5.32 Å². The highest BCUT2D eigenvalue weighted by Gasteiger charge is 2.22. The van der Waals surface area contributed by atoms with Crippen molar-refractivity contribution in [3.8, 4) is 0 Å². The van der Waals surface area contributed by atoms with E-state index in [2.05, 4.69) is 16.0 Å². The van der Waals surface area contributed by atoms with E-state index in [0.717, 1.165) is 26.8 Å². The number of hydrogen-bond acceptors (Lipinski definition) is 5. The van der Waals surface area contributed by atoms with Gasteiger partial charge in [0.25, 0.3) is 5.91 Å². The molecule has 1 atom stereocenters. The summed E-state index contributed by atoms with van der Waals surface area (Å²) in [5.74, 6) is -0.960. The van der Waals surface area contributed by atoms with Crippen LogP contribution in [0.2, 0.25) is 0 Å². The van der Waals surface area contributed by atoms with Gasteiger partial charge in [-0.15, -0.1) is 11.3 Å². The lowest BCUT2D eigenvalue weighted by atomic mass is 10.1. The van der Waals surface area contributed by atoms with Crippen LogP contribution in [0.15, 0.2) is 78.9 Å². The maximum Gasteiger partial charge on any atom is 0.315 e. The predicted molar refractivity (Wildman–Crippen MR) is 140 cm³/mol. The van der Waals surface area contributed by atoms with Crippen LogP contribution in [0, 0.1) is 6.92 Å². The number of hydrogen-bond donors (Lipinski definition) is 5. The van der Waals surface area contributed by atoms with Gasteiger partial charge in [0.05, 0.1) is 4.88 Å². The molecule has 184 valence electrons. The summed E-state index contributed by atoms with van der Waals surface area (Å²) in [6.07, 6.45) is 0.312. The number of thiophene rings is 1. The van der Waals surface area contributed by atoms with Crippen molar-refractivity contribution in [3.63, 3.8) is 0 Å². The summed E-state index contributed by atoms with van der Waals surface area (Å²) in [5.41, 5.74) is 5.15. The highest BCUT2D eigenvalue weighted by atomic mass is 32.1. The number of hydroxylamine groups is 1. The maximum absolute atomic E-state index is 13.2. The van der Waals surface area contributed by atoms with Crippen molar-refractivity contribution in [1.29, 1.82) is 0 Å². The first-order chi connectivity index (χ1) is 17.4. The molecule has 4 aromatic rings. The highest BCUT2D eigenvalue weighted by molar-refractivity contribution is 7.20. The van der Waals surface area contributed by atoms with Crippen LogP contribution in [-0.2, 0) is 17.8 Å². The van der Waals surface area contributed by atoms with Crippen LogP contribution in [0.5, 0.6) is 0 Å². The summed E-state index contributed by atoms with van der Waals surface area (Å²) in [7, 11) is 0. The zero-order chi connectivity index (χ0) is 25.5. The van der Waals surface area contributed by atoms with E-state index >= 15 is 0 Å². The molecule has 36 heavy (non-hydrogen) atoms. The molecule has 0 aliphatic heterocycles. The summed E-state index contributed by atoms with van der Waals surface area (Å²) < 4.78 is 0.834. The smallest absolute Gasteiger partial charge is 0.315 e. The molecule has 0 aliphatic rings. The van der Waals surface area contributed by atoms with Gasteiger partial charge in [0, 0.05) is 23.4 Å². The second kappa shape index (κ2) is 11.5. The molecule has 0 aliphatic carbocycles. The van der Waals surface area contributed by atoms with Gasteiger partial charge < -0.3 is 16.0 Å². The molecule has 1 heterocycles. The minimum Gasteiger partial charge on any atom is -0.334 e. The topological polar surface area (TPSA) is 120 Å². The van der Waals surface area contributed by atoms with E-state index in [1.165, 1.54) is 11.3 Å². The maximum atomic E-state index is 13.2. The van der Waals surface area contributed by atoms with Crippen LogP contribution in [0.3, 0.4) is 0 Å². The third-order valence-corrected chi connectivity index (χ3v) is 6.70. The molecule has 0 unspecified atom stereocenters. The van der Waals surface area contributed by atoms with Gasteiger partial charge in [-0.3, -0.25) is 14.8 Å². The summed E-state index contributed by atoms with van der Waals surface area (Å²) in [4.78, 5) is 37.9. The lowest BCUT2D eigenvalue weighted by Crippen LogP contribution is -2.49. The minimum absolute atomic E-state index is 0.312. The molecule has 5 N–H and O–H groups in total. The van der Waals surface area contributed by atoms with Crippen LogP contribution in [0.1, 0.15) is 26.4 Å². The van der Waals surface area contributed by atoms with E-state index in [0.29, 0.717) is 23.5 Å². The zero-order valence-electron chi connectivity index (χ0n) is 19.6. The Balaban J connectivity index is 1.46. The van der Waals surface area contributed by atoms with Gasteiger partial charge >= 0.3 is 6.03 Å². The average molecular weight is 503 g/mol. The fourth-order valence-electron chi connectivity index (χ4n) is 3.67. The molecule has 0 bridgehead atoms. The molecule has 9 heteroatoms. The van der Waals surface area contributed by atoms with Crippen LogP contribution < -0.4 is 21.4 Å². The van der Waals surface area contributed by atoms with Crippen molar-refractivity contribution < 1.29 is 19.6 Å². The molecule has 0 saturated heterocycles. The molecule has 3 aromatic carbocycles. The van der Waals surface area contributed by atoms with Crippen LogP contribution in [-0.4, -0.2) is 29.1 Å². The Bertz CT molecular complexity index is 1370. The monoisotopic (exact) mass is 502 g/mol. The number of carbonyl (C=O) groups excluding carboxylic acids is 3. The van der Waals surface area contributed by atoms with Gasteiger partial charge in [-0.05, 0) is 47.7 Å². The molecular formula is C27H26N4O4S. The van der Waals surface area contributed by atoms with E-state index in [-0.39, 0.29) is 5.91 Å². The number of anilines is 1. The van der Waals surface area contributed by atoms with Gasteiger partial charge in [0.2, 0.25) is 5.91 Å². The van der Waals surface area contributed by atoms with Gasteiger partial charge in [0.15, 0.2) is 0 Å². The quantitative estimate of drug-likeness (QED) is 0.181. The van der Waals surface area contributed by atoms with E-state index in [1.54, 1.807) is 29.7 Å². The Hall–Kier alpha value is -4.21. The van der Waals surface area contributed by atoms with E-state index in [1.807, 2.05) is 61.5 Å². The Morgan fingerprint density at radius 1 is 0.917 bits per heavy atom. The van der Waals surface area contributed by atoms with Crippen molar-refractivity contribution in [1.82, 2.24) is 16.1 Å². The number of benzene rings is 3. The molecule has 0 saturated carbocycles. The van der Waals surface area contributed by atoms with Crippen molar-refractivity contribution in [2.24, 2.45) is 0 Å². The third kappa shape index (κ3) is 6.47. The summed E-state index contributed by atoms with van der Waals surface area (Å²) in [6.45, 7) is 2.34. The van der Waals surface area contributed by atoms with E-state index in [9.17, 15) is 14.4 Å². The van der Waals surface area contributed by atoms with Gasteiger partial charge in [-0.2, -0.15) is 0 Å². The van der Waals surface area contributed by atoms with Crippen molar-refractivity contribution in [3.05, 3.63) is 100 Å². The minimum atomic E-state index is -0.820. The number of fused-ring (bicyclic) bond motifs is 1. The number of nitrogens with one attached hydrogen (secondary N) is 4. The Labute approximate surface area is 212 Å². The van der Waals surface area contributed by atoms with Gasteiger partial charge in [-0.1, -0.05) is 60.2 Å². The first-order valence-corrected chi connectivity index (χ1v) is 12.2. The lowest BCUT2D eigenvalue weighted by molar-refractivity contribution is -0.117. The molecule has 0 spiro atoms. The summed E-state index contributed by atoms with van der Waals surface area (Å²) in [5, 5.41) is 18.1. The SMILES string of the molecule is Cc1ccc(CNC(=O)N[C@@H](Cc2ccccc2)C(=O)Nc2ccc3sc(C(=O)NO)cc3c2)cc1. The molecule has 4 rings (SSSR count). The normalized spacial score (nSPS) is 11.5. The van der Waals surface area contributed by atoms with Crippen molar-refractivity contribution in [2.45, 2.75) is 25.9 Å². The van der Waals surface area contributed by atoms with Gasteiger partial charge in [0.1, 0.15) is 6.04 Å². The number of urea groups is 1. The number of rotatable bonds is 8. The Morgan fingerprint density at radius 3 is 2.39 bits per heavy atom. The first kappa shape index (κ1) is 24.9. The lowest BCUT2D eigenvalue weighted by Gasteiger charge is -2.19. The molecule has 4 amide bonds. The van der Waals surface area contributed by atoms with Crippen LogP contribution in [0.4, 0.5) is 10.5 Å². The fraction of sp³-hybridized carbons (Fsp3) is 0.148. The first-order valence-electron chi connectivity index (χ1n) is 11.3. The highest BCUT2D eigenvalue weighted by Crippen LogP contribution is 2.28. The fourth-order valence-corrected chi connectivity index (χ4v) is 4.61. The second-order valence-corrected chi connectivity index (χ2v) is 9.43. The number of aryl methyl sites for hydroxylation is 1. The predicted octanol–water partition coefficient (Wildman–Crippen LogP) is 4.38. The standard InChI is InChI=1S/C27H26N4O4S/c1-17-7-9-19(10-8-17)16-28-27(34)30-22(13-18-5-3-2-4-6-18)25(32)29-21-11-12-23-20(14-21)15-24(36-23)26(33)31-35/h2-12,14-15,22,35H,13,16H2,1H3,(H,29,32)(H,31,33)(H2,28,30,34)/t22-/m0/s1.